The second-order valence-corrected chi connectivity index (χ2v) is 4.52. The van der Waals surface area contributed by atoms with E-state index in [-0.39, 0.29) is 0 Å². The molecule has 0 bridgehead atoms. The number of ether oxygens (including phenoxy) is 1. The van der Waals surface area contributed by atoms with Crippen LogP contribution in [-0.4, -0.2) is 9.97 Å². The molecule has 0 atom stereocenters. The zero-order chi connectivity index (χ0) is 11.4. The van der Waals surface area contributed by atoms with Crippen LogP contribution in [-0.2, 0) is 13.0 Å². The van der Waals surface area contributed by atoms with Crippen LogP contribution in [0.15, 0.2) is 23.7 Å². The van der Waals surface area contributed by atoms with E-state index in [1.165, 1.54) is 0 Å². The van der Waals surface area contributed by atoms with Gasteiger partial charge in [0.2, 0.25) is 0 Å². The van der Waals surface area contributed by atoms with Crippen LogP contribution < -0.4 is 4.74 Å². The number of hydrogen-bond donors (Lipinski definition) is 0. The molecule has 0 spiro atoms. The molecule has 0 radical (unpaired) electrons. The molecule has 2 heterocycles. The van der Waals surface area contributed by atoms with Crippen LogP contribution in [0, 0.1) is 0 Å². The average Bonchev–Trinajstić information content (AvgIpc) is 2.76. The second-order valence-electron chi connectivity index (χ2n) is 3.19. The first kappa shape index (κ1) is 11.4. The van der Waals surface area contributed by atoms with E-state index >= 15 is 0 Å². The van der Waals surface area contributed by atoms with Crippen molar-refractivity contribution >= 4 is 22.9 Å². The molecule has 0 amide bonds. The minimum atomic E-state index is 0.467. The summed E-state index contributed by atoms with van der Waals surface area (Å²) in [5, 5.41) is 3.62. The van der Waals surface area contributed by atoms with Crippen LogP contribution in [0.5, 0.6) is 5.75 Å². The third kappa shape index (κ3) is 2.93. The lowest BCUT2D eigenvalue weighted by molar-refractivity contribution is 0.300. The minimum Gasteiger partial charge on any atom is -0.486 e. The van der Waals surface area contributed by atoms with Gasteiger partial charge in [-0.1, -0.05) is 18.5 Å². The lowest BCUT2D eigenvalue weighted by atomic mass is 10.4. The van der Waals surface area contributed by atoms with Gasteiger partial charge in [0, 0.05) is 5.38 Å². The molecule has 5 heteroatoms. The molecule has 84 valence electrons. The number of thiazole rings is 1. The van der Waals surface area contributed by atoms with Crippen molar-refractivity contribution in [2.45, 2.75) is 20.0 Å². The zero-order valence-corrected chi connectivity index (χ0v) is 10.4. The van der Waals surface area contributed by atoms with E-state index in [1.807, 2.05) is 5.38 Å². The third-order valence-electron chi connectivity index (χ3n) is 1.99. The van der Waals surface area contributed by atoms with Crippen molar-refractivity contribution in [2.24, 2.45) is 0 Å². The molecule has 0 N–H and O–H groups in total. The minimum absolute atomic E-state index is 0.467. The van der Waals surface area contributed by atoms with Gasteiger partial charge in [0.05, 0.1) is 16.9 Å². The lowest BCUT2D eigenvalue weighted by Crippen LogP contribution is -1.96. The van der Waals surface area contributed by atoms with E-state index in [2.05, 4.69) is 16.9 Å². The number of halogens is 1. The predicted octanol–water partition coefficient (Wildman–Crippen LogP) is 3.33. The molecular weight excluding hydrogens is 244 g/mol. The van der Waals surface area contributed by atoms with Crippen molar-refractivity contribution in [3.63, 3.8) is 0 Å². The highest BCUT2D eigenvalue weighted by molar-refractivity contribution is 7.09. The van der Waals surface area contributed by atoms with E-state index in [4.69, 9.17) is 16.3 Å². The highest BCUT2D eigenvalue weighted by Gasteiger charge is 2.01. The Bertz CT molecular complexity index is 455. The number of rotatable bonds is 4. The number of nitrogens with zero attached hydrogens (tertiary/aromatic N) is 2. The molecule has 0 unspecified atom stereocenters. The van der Waals surface area contributed by atoms with E-state index in [0.717, 1.165) is 17.1 Å². The first-order valence-electron chi connectivity index (χ1n) is 4.95. The largest absolute Gasteiger partial charge is 0.486 e. The second kappa shape index (κ2) is 5.27. The number of hydrogen-bond acceptors (Lipinski definition) is 4. The molecule has 16 heavy (non-hydrogen) atoms. The Labute approximate surface area is 103 Å². The van der Waals surface area contributed by atoms with Crippen LogP contribution >= 0.6 is 22.9 Å². The maximum Gasteiger partial charge on any atom is 0.138 e. The molecule has 0 fully saturated rings. The van der Waals surface area contributed by atoms with Gasteiger partial charge in [-0.2, -0.15) is 0 Å². The highest BCUT2D eigenvalue weighted by atomic mass is 35.5. The summed E-state index contributed by atoms with van der Waals surface area (Å²) >= 11 is 7.33. The molecule has 2 rings (SSSR count). The molecule has 3 nitrogen and oxygen atoms in total. The summed E-state index contributed by atoms with van der Waals surface area (Å²) in [6.07, 6.45) is 2.57. The first-order chi connectivity index (χ1) is 7.78. The Morgan fingerprint density at radius 3 is 2.94 bits per heavy atom. The Hall–Kier alpha value is -1.13. The Balaban J connectivity index is 1.94. The molecule has 0 saturated heterocycles. The molecule has 2 aromatic rings. The molecule has 0 aromatic carbocycles. The maximum absolute atomic E-state index is 5.67. The van der Waals surface area contributed by atoms with Gasteiger partial charge in [-0.25, -0.2) is 9.97 Å². The summed E-state index contributed by atoms with van der Waals surface area (Å²) in [5.74, 6) is 0.704. The standard InChI is InChI=1S/C11H11ClN2OS/c1-2-11-14-8(7-16-11)6-15-9-3-4-10(12)13-5-9/h3-5,7H,2,6H2,1H3. The van der Waals surface area contributed by atoms with Gasteiger partial charge < -0.3 is 4.74 Å². The number of aryl methyl sites for hydroxylation is 1. The lowest BCUT2D eigenvalue weighted by Gasteiger charge is -2.02. The van der Waals surface area contributed by atoms with Gasteiger partial charge >= 0.3 is 0 Å². The van der Waals surface area contributed by atoms with Gasteiger partial charge in [-0.05, 0) is 18.6 Å². The summed E-state index contributed by atoms with van der Waals surface area (Å²) in [6.45, 7) is 2.56. The fraction of sp³-hybridized carbons (Fsp3) is 0.273. The van der Waals surface area contributed by atoms with E-state index in [9.17, 15) is 0 Å². The normalized spacial score (nSPS) is 10.4. The topological polar surface area (TPSA) is 35.0 Å². The molecule has 0 aliphatic heterocycles. The van der Waals surface area contributed by atoms with Crippen LogP contribution in [0.3, 0.4) is 0 Å². The number of aromatic nitrogens is 2. The average molecular weight is 255 g/mol. The summed E-state index contributed by atoms with van der Waals surface area (Å²) in [7, 11) is 0. The van der Waals surface area contributed by atoms with Crippen molar-refractivity contribution in [2.75, 3.05) is 0 Å². The third-order valence-corrected chi connectivity index (χ3v) is 3.25. The summed E-state index contributed by atoms with van der Waals surface area (Å²) in [6, 6.07) is 3.50. The molecule has 0 saturated carbocycles. The molecule has 0 aliphatic rings. The fourth-order valence-electron chi connectivity index (χ4n) is 1.18. The monoisotopic (exact) mass is 254 g/mol. The zero-order valence-electron chi connectivity index (χ0n) is 8.81. The van der Waals surface area contributed by atoms with Crippen LogP contribution in [0.4, 0.5) is 0 Å². The van der Waals surface area contributed by atoms with Crippen molar-refractivity contribution < 1.29 is 4.74 Å². The maximum atomic E-state index is 5.67. The molecule has 2 aromatic heterocycles. The van der Waals surface area contributed by atoms with E-state index < -0.39 is 0 Å². The SMILES string of the molecule is CCc1nc(COc2ccc(Cl)nc2)cs1. The van der Waals surface area contributed by atoms with Crippen LogP contribution in [0.25, 0.3) is 0 Å². The Morgan fingerprint density at radius 1 is 1.44 bits per heavy atom. The van der Waals surface area contributed by atoms with Gasteiger partial charge in [0.15, 0.2) is 0 Å². The van der Waals surface area contributed by atoms with Crippen molar-refractivity contribution in [1.82, 2.24) is 9.97 Å². The summed E-state index contributed by atoms with van der Waals surface area (Å²) < 4.78 is 5.53. The van der Waals surface area contributed by atoms with E-state index in [1.54, 1.807) is 29.7 Å². The van der Waals surface area contributed by atoms with Crippen molar-refractivity contribution in [3.8, 4) is 5.75 Å². The molecule has 0 aliphatic carbocycles. The van der Waals surface area contributed by atoms with Gasteiger partial charge in [0.1, 0.15) is 17.5 Å². The fourth-order valence-corrected chi connectivity index (χ4v) is 2.02. The van der Waals surface area contributed by atoms with Crippen molar-refractivity contribution in [1.29, 1.82) is 0 Å². The van der Waals surface area contributed by atoms with Crippen molar-refractivity contribution in [3.05, 3.63) is 39.6 Å². The highest BCUT2D eigenvalue weighted by Crippen LogP contribution is 2.15. The molecular formula is C11H11ClN2OS. The van der Waals surface area contributed by atoms with Crippen LogP contribution in [0.2, 0.25) is 5.15 Å². The van der Waals surface area contributed by atoms with Gasteiger partial charge in [0.25, 0.3) is 0 Å². The Morgan fingerprint density at radius 2 is 2.31 bits per heavy atom. The quantitative estimate of drug-likeness (QED) is 0.785. The van der Waals surface area contributed by atoms with E-state index in [0.29, 0.717) is 17.5 Å². The van der Waals surface area contributed by atoms with Gasteiger partial charge in [-0.15, -0.1) is 11.3 Å². The smallest absolute Gasteiger partial charge is 0.138 e. The first-order valence-corrected chi connectivity index (χ1v) is 6.21. The number of pyridine rings is 1. The van der Waals surface area contributed by atoms with Gasteiger partial charge in [-0.3, -0.25) is 0 Å². The van der Waals surface area contributed by atoms with Crippen LogP contribution in [0.1, 0.15) is 17.6 Å². The Kier molecular flexibility index (Phi) is 3.74. The summed E-state index contributed by atoms with van der Waals surface area (Å²) in [4.78, 5) is 8.34. The summed E-state index contributed by atoms with van der Waals surface area (Å²) in [5.41, 5.74) is 0.955. The predicted molar refractivity (Wildman–Crippen MR) is 65.1 cm³/mol.